The minimum absolute atomic E-state index is 0.152. The van der Waals surface area contributed by atoms with E-state index in [1.807, 2.05) is 0 Å². The van der Waals surface area contributed by atoms with E-state index in [2.05, 4.69) is 5.16 Å². The number of aromatic nitrogens is 1. The molecule has 19 heavy (non-hydrogen) atoms. The number of halogens is 1. The molecule has 5 nitrogen and oxygen atoms in total. The third kappa shape index (κ3) is 1.95. The normalized spacial score (nSPS) is 13.9. The Morgan fingerprint density at radius 3 is 3.05 bits per heavy atom. The number of hydrogen-bond acceptors (Lipinski definition) is 4. The highest BCUT2D eigenvalue weighted by Gasteiger charge is 2.29. The van der Waals surface area contributed by atoms with Gasteiger partial charge in [-0.15, -0.1) is 0 Å². The van der Waals surface area contributed by atoms with E-state index in [4.69, 9.17) is 9.26 Å². The first-order chi connectivity index (χ1) is 9.16. The van der Waals surface area contributed by atoms with Crippen LogP contribution in [0.4, 0.5) is 10.1 Å². The molecular formula is C13H11FN2O3. The van der Waals surface area contributed by atoms with Crippen molar-refractivity contribution in [1.82, 2.24) is 5.16 Å². The van der Waals surface area contributed by atoms with Gasteiger partial charge in [-0.2, -0.15) is 0 Å². The first-order valence-electron chi connectivity index (χ1n) is 5.83. The van der Waals surface area contributed by atoms with Crippen molar-refractivity contribution < 1.29 is 18.4 Å². The molecule has 0 radical (unpaired) electrons. The maximum absolute atomic E-state index is 13.9. The van der Waals surface area contributed by atoms with E-state index in [1.54, 1.807) is 19.1 Å². The predicted octanol–water partition coefficient (Wildman–Crippen LogP) is 2.16. The highest BCUT2D eigenvalue weighted by Crippen LogP contribution is 2.34. The average molecular weight is 262 g/mol. The van der Waals surface area contributed by atoms with Crippen LogP contribution < -0.4 is 9.64 Å². The summed E-state index contributed by atoms with van der Waals surface area (Å²) in [6.45, 7) is 2.29. The van der Waals surface area contributed by atoms with Crippen molar-refractivity contribution in [3.63, 3.8) is 0 Å². The molecule has 0 N–H and O–H groups in total. The Morgan fingerprint density at radius 2 is 2.32 bits per heavy atom. The van der Waals surface area contributed by atoms with Gasteiger partial charge in [0.15, 0.2) is 11.5 Å². The number of anilines is 1. The van der Waals surface area contributed by atoms with Crippen molar-refractivity contribution in [3.05, 3.63) is 41.5 Å². The Labute approximate surface area is 108 Å². The summed E-state index contributed by atoms with van der Waals surface area (Å²) in [5.74, 6) is 0.00227. The van der Waals surface area contributed by atoms with Gasteiger partial charge in [0, 0.05) is 6.07 Å². The largest absolute Gasteiger partial charge is 0.489 e. The number of rotatable bonds is 1. The first kappa shape index (κ1) is 11.7. The van der Waals surface area contributed by atoms with Crippen LogP contribution in [0.5, 0.6) is 5.75 Å². The third-order valence-corrected chi connectivity index (χ3v) is 2.88. The summed E-state index contributed by atoms with van der Waals surface area (Å²) in [6.07, 6.45) is 0. The number of carbonyl (C=O) groups is 1. The molecule has 98 valence electrons. The van der Waals surface area contributed by atoms with Crippen LogP contribution in [0.2, 0.25) is 0 Å². The molecule has 0 fully saturated rings. The number of para-hydroxylation sites is 1. The maximum atomic E-state index is 13.9. The zero-order chi connectivity index (χ0) is 13.4. The fourth-order valence-electron chi connectivity index (χ4n) is 2.04. The number of hydrogen-bond donors (Lipinski definition) is 0. The van der Waals surface area contributed by atoms with Crippen molar-refractivity contribution >= 4 is 11.6 Å². The highest BCUT2D eigenvalue weighted by atomic mass is 19.1. The zero-order valence-electron chi connectivity index (χ0n) is 10.2. The highest BCUT2D eigenvalue weighted by molar-refractivity contribution is 6.05. The summed E-state index contributed by atoms with van der Waals surface area (Å²) in [5, 5.41) is 3.66. The van der Waals surface area contributed by atoms with E-state index in [9.17, 15) is 9.18 Å². The summed E-state index contributed by atoms with van der Waals surface area (Å²) >= 11 is 0. The van der Waals surface area contributed by atoms with Crippen LogP contribution in [-0.4, -0.2) is 24.2 Å². The predicted molar refractivity (Wildman–Crippen MR) is 64.8 cm³/mol. The summed E-state index contributed by atoms with van der Waals surface area (Å²) in [4.78, 5) is 13.6. The molecule has 1 amide bonds. The Morgan fingerprint density at radius 1 is 1.47 bits per heavy atom. The van der Waals surface area contributed by atoms with Gasteiger partial charge in [-0.05, 0) is 19.1 Å². The second-order valence-corrected chi connectivity index (χ2v) is 4.21. The van der Waals surface area contributed by atoms with Gasteiger partial charge < -0.3 is 9.26 Å². The molecule has 0 atom stereocenters. The number of carbonyl (C=O) groups excluding carboxylic acids is 1. The third-order valence-electron chi connectivity index (χ3n) is 2.88. The zero-order valence-corrected chi connectivity index (χ0v) is 10.2. The second kappa shape index (κ2) is 4.38. The summed E-state index contributed by atoms with van der Waals surface area (Å²) in [7, 11) is 0. The van der Waals surface area contributed by atoms with Crippen molar-refractivity contribution in [2.24, 2.45) is 0 Å². The lowest BCUT2D eigenvalue weighted by molar-refractivity contribution is 0.0966. The van der Waals surface area contributed by atoms with Gasteiger partial charge in [0.25, 0.3) is 5.91 Å². The van der Waals surface area contributed by atoms with Crippen LogP contribution in [0, 0.1) is 12.7 Å². The summed E-state index contributed by atoms with van der Waals surface area (Å²) in [6, 6.07) is 5.99. The van der Waals surface area contributed by atoms with Crippen molar-refractivity contribution in [1.29, 1.82) is 0 Å². The Kier molecular flexibility index (Phi) is 2.70. The Hall–Kier alpha value is -2.37. The molecule has 1 aliphatic heterocycles. The number of ether oxygens (including phenoxy) is 1. The van der Waals surface area contributed by atoms with Gasteiger partial charge in [0.2, 0.25) is 0 Å². The standard InChI is InChI=1S/C13H11FN2O3/c1-8-7-10(15-19-8)13(17)16-5-6-18-11-4-2-3-9(14)12(11)16/h2-4,7H,5-6H2,1H3. The fraction of sp³-hybridized carbons (Fsp3) is 0.231. The Bertz CT molecular complexity index is 639. The number of nitrogens with zero attached hydrogens (tertiary/aromatic N) is 2. The molecule has 3 rings (SSSR count). The SMILES string of the molecule is Cc1cc(C(=O)N2CCOc3cccc(F)c32)no1. The van der Waals surface area contributed by atoms with Gasteiger partial charge in [-0.1, -0.05) is 11.2 Å². The quantitative estimate of drug-likeness (QED) is 0.790. The van der Waals surface area contributed by atoms with Gasteiger partial charge in [0.1, 0.15) is 23.8 Å². The fourth-order valence-corrected chi connectivity index (χ4v) is 2.04. The molecule has 0 bridgehead atoms. The van der Waals surface area contributed by atoms with E-state index >= 15 is 0 Å². The van der Waals surface area contributed by atoms with Crippen LogP contribution >= 0.6 is 0 Å². The molecule has 2 heterocycles. The van der Waals surface area contributed by atoms with Crippen LogP contribution in [-0.2, 0) is 0 Å². The molecule has 2 aromatic rings. The first-order valence-corrected chi connectivity index (χ1v) is 5.83. The molecule has 0 saturated carbocycles. The van der Waals surface area contributed by atoms with E-state index in [1.165, 1.54) is 17.0 Å². The number of amides is 1. The lowest BCUT2D eigenvalue weighted by Crippen LogP contribution is -2.38. The molecule has 0 spiro atoms. The molecular weight excluding hydrogens is 251 g/mol. The van der Waals surface area contributed by atoms with Crippen LogP contribution in [0.3, 0.4) is 0 Å². The van der Waals surface area contributed by atoms with E-state index < -0.39 is 11.7 Å². The molecule has 0 aliphatic carbocycles. The molecule has 1 aliphatic rings. The molecule has 0 unspecified atom stereocenters. The molecule has 1 aromatic heterocycles. The number of aryl methyl sites for hydroxylation is 1. The Balaban J connectivity index is 2.02. The second-order valence-electron chi connectivity index (χ2n) is 4.21. The molecule has 1 aromatic carbocycles. The van der Waals surface area contributed by atoms with Gasteiger partial charge >= 0.3 is 0 Å². The average Bonchev–Trinajstić information content (AvgIpc) is 2.84. The number of benzene rings is 1. The summed E-state index contributed by atoms with van der Waals surface area (Å²) < 4.78 is 24.1. The van der Waals surface area contributed by atoms with E-state index in [0.29, 0.717) is 18.1 Å². The maximum Gasteiger partial charge on any atom is 0.280 e. The lowest BCUT2D eigenvalue weighted by Gasteiger charge is -2.29. The lowest BCUT2D eigenvalue weighted by atomic mass is 10.2. The smallest absolute Gasteiger partial charge is 0.280 e. The van der Waals surface area contributed by atoms with Gasteiger partial charge in [-0.3, -0.25) is 9.69 Å². The molecule has 0 saturated heterocycles. The number of fused-ring (bicyclic) bond motifs is 1. The summed E-state index contributed by atoms with van der Waals surface area (Å²) in [5.41, 5.74) is 0.313. The minimum atomic E-state index is -0.495. The van der Waals surface area contributed by atoms with Crippen LogP contribution in [0.25, 0.3) is 0 Å². The van der Waals surface area contributed by atoms with Gasteiger partial charge in [0.05, 0.1) is 6.54 Å². The monoisotopic (exact) mass is 262 g/mol. The van der Waals surface area contributed by atoms with Crippen LogP contribution in [0.1, 0.15) is 16.2 Å². The van der Waals surface area contributed by atoms with Crippen molar-refractivity contribution in [2.45, 2.75) is 6.92 Å². The van der Waals surface area contributed by atoms with Crippen molar-refractivity contribution in [3.8, 4) is 5.75 Å². The van der Waals surface area contributed by atoms with Crippen LogP contribution in [0.15, 0.2) is 28.8 Å². The molecule has 6 heteroatoms. The van der Waals surface area contributed by atoms with Gasteiger partial charge in [-0.25, -0.2) is 4.39 Å². The van der Waals surface area contributed by atoms with E-state index in [-0.39, 0.29) is 17.9 Å². The topological polar surface area (TPSA) is 55.6 Å². The van der Waals surface area contributed by atoms with E-state index in [0.717, 1.165) is 0 Å². The van der Waals surface area contributed by atoms with Crippen molar-refractivity contribution in [2.75, 3.05) is 18.1 Å². The minimum Gasteiger partial charge on any atom is -0.489 e.